The van der Waals surface area contributed by atoms with Gasteiger partial charge in [0.1, 0.15) is 11.3 Å². The number of unbranched alkanes of at least 4 members (excludes halogenated alkanes) is 1. The molecule has 0 unspecified atom stereocenters. The van der Waals surface area contributed by atoms with Gasteiger partial charge in [0.25, 0.3) is 0 Å². The van der Waals surface area contributed by atoms with Crippen LogP contribution in [0, 0.1) is 0 Å². The van der Waals surface area contributed by atoms with Crippen LogP contribution in [0.15, 0.2) is 30.3 Å². The summed E-state index contributed by atoms with van der Waals surface area (Å²) in [5.74, 6) is 0.918. The number of benzene rings is 2. The second-order valence-corrected chi connectivity index (χ2v) is 4.70. The molecule has 4 heteroatoms. The van der Waals surface area contributed by atoms with Gasteiger partial charge in [-0.2, -0.15) is 0 Å². The van der Waals surface area contributed by atoms with E-state index in [-0.39, 0.29) is 0 Å². The lowest BCUT2D eigenvalue weighted by atomic mass is 10.1. The van der Waals surface area contributed by atoms with Gasteiger partial charge in [0.2, 0.25) is 0 Å². The number of aryl methyl sites for hydroxylation is 1. The highest BCUT2D eigenvalue weighted by Gasteiger charge is 2.11. The number of rotatable bonds is 4. The first-order chi connectivity index (χ1) is 9.31. The fourth-order valence-corrected chi connectivity index (χ4v) is 2.27. The smallest absolute Gasteiger partial charge is 0.129 e. The van der Waals surface area contributed by atoms with Crippen LogP contribution in [0.4, 0.5) is 0 Å². The standard InChI is InChI=1S/C15H17N3O/c1-3-4-9-19-14-10-13-15(16-17-18(13)2)12-8-6-5-7-11(12)14/h5-8,10H,3-4,9H2,1-2H3. The average molecular weight is 255 g/mol. The Bertz CT molecular complexity index is 718. The van der Waals surface area contributed by atoms with Crippen LogP contribution >= 0.6 is 0 Å². The van der Waals surface area contributed by atoms with E-state index in [0.29, 0.717) is 0 Å². The third-order valence-corrected chi connectivity index (χ3v) is 3.34. The van der Waals surface area contributed by atoms with Crippen molar-refractivity contribution in [2.24, 2.45) is 7.05 Å². The molecular formula is C15H17N3O. The maximum Gasteiger partial charge on any atom is 0.129 e. The molecule has 0 aliphatic heterocycles. The first kappa shape index (κ1) is 12.0. The molecule has 0 saturated carbocycles. The van der Waals surface area contributed by atoms with Crippen molar-refractivity contribution in [2.75, 3.05) is 6.61 Å². The number of fused-ring (bicyclic) bond motifs is 3. The van der Waals surface area contributed by atoms with Gasteiger partial charge in [0.15, 0.2) is 0 Å². The average Bonchev–Trinajstić information content (AvgIpc) is 2.81. The van der Waals surface area contributed by atoms with Crippen molar-refractivity contribution in [1.29, 1.82) is 0 Å². The summed E-state index contributed by atoms with van der Waals surface area (Å²) in [7, 11) is 1.90. The normalized spacial score (nSPS) is 11.3. The molecule has 0 spiro atoms. The highest BCUT2D eigenvalue weighted by atomic mass is 16.5. The Labute approximate surface area is 112 Å². The monoisotopic (exact) mass is 255 g/mol. The van der Waals surface area contributed by atoms with Crippen LogP contribution in [-0.4, -0.2) is 21.6 Å². The first-order valence-corrected chi connectivity index (χ1v) is 6.65. The summed E-state index contributed by atoms with van der Waals surface area (Å²) < 4.78 is 7.71. The third-order valence-electron chi connectivity index (χ3n) is 3.34. The molecule has 0 aliphatic carbocycles. The van der Waals surface area contributed by atoms with E-state index in [1.54, 1.807) is 4.68 Å². The Hall–Kier alpha value is -2.10. The molecule has 3 aromatic rings. The number of nitrogens with zero attached hydrogens (tertiary/aromatic N) is 3. The van der Waals surface area contributed by atoms with Gasteiger partial charge in [-0.25, -0.2) is 4.68 Å². The number of aromatic nitrogens is 3. The van der Waals surface area contributed by atoms with Crippen LogP contribution in [0.2, 0.25) is 0 Å². The summed E-state index contributed by atoms with van der Waals surface area (Å²) in [6, 6.07) is 10.2. The minimum absolute atomic E-state index is 0.747. The minimum atomic E-state index is 0.747. The summed E-state index contributed by atoms with van der Waals surface area (Å²) in [5.41, 5.74) is 1.94. The fraction of sp³-hybridized carbons (Fsp3) is 0.333. The molecule has 0 amide bonds. The second-order valence-electron chi connectivity index (χ2n) is 4.70. The molecule has 0 radical (unpaired) electrons. The maximum atomic E-state index is 5.92. The van der Waals surface area contributed by atoms with Crippen molar-refractivity contribution >= 4 is 21.8 Å². The maximum absolute atomic E-state index is 5.92. The van der Waals surface area contributed by atoms with Gasteiger partial charge < -0.3 is 4.74 Å². The lowest BCUT2D eigenvalue weighted by molar-refractivity contribution is 0.313. The highest BCUT2D eigenvalue weighted by molar-refractivity contribution is 6.07. The van der Waals surface area contributed by atoms with Crippen LogP contribution in [0.1, 0.15) is 19.8 Å². The van der Waals surface area contributed by atoms with Gasteiger partial charge in [-0.3, -0.25) is 0 Å². The molecule has 0 bridgehead atoms. The van der Waals surface area contributed by atoms with Crippen molar-refractivity contribution < 1.29 is 4.74 Å². The number of ether oxygens (including phenoxy) is 1. The van der Waals surface area contributed by atoms with Crippen LogP contribution < -0.4 is 4.74 Å². The van der Waals surface area contributed by atoms with E-state index in [0.717, 1.165) is 47.0 Å². The molecule has 19 heavy (non-hydrogen) atoms. The molecule has 0 atom stereocenters. The second kappa shape index (κ2) is 4.88. The molecule has 0 fully saturated rings. The molecule has 0 aliphatic rings. The van der Waals surface area contributed by atoms with Gasteiger partial charge in [-0.05, 0) is 6.42 Å². The number of hydrogen-bond donors (Lipinski definition) is 0. The summed E-state index contributed by atoms with van der Waals surface area (Å²) in [6.07, 6.45) is 2.20. The van der Waals surface area contributed by atoms with Gasteiger partial charge >= 0.3 is 0 Å². The molecular weight excluding hydrogens is 238 g/mol. The number of hydrogen-bond acceptors (Lipinski definition) is 3. The zero-order chi connectivity index (χ0) is 13.2. The molecule has 0 N–H and O–H groups in total. The lowest BCUT2D eigenvalue weighted by Gasteiger charge is -2.09. The molecule has 4 nitrogen and oxygen atoms in total. The van der Waals surface area contributed by atoms with Gasteiger partial charge in [0, 0.05) is 23.9 Å². The van der Waals surface area contributed by atoms with Crippen molar-refractivity contribution in [3.63, 3.8) is 0 Å². The van der Waals surface area contributed by atoms with Crippen molar-refractivity contribution in [2.45, 2.75) is 19.8 Å². The van der Waals surface area contributed by atoms with Crippen molar-refractivity contribution in [1.82, 2.24) is 15.0 Å². The van der Waals surface area contributed by atoms with E-state index in [1.807, 2.05) is 25.2 Å². The Morgan fingerprint density at radius 1 is 1.21 bits per heavy atom. The first-order valence-electron chi connectivity index (χ1n) is 6.65. The van der Waals surface area contributed by atoms with E-state index >= 15 is 0 Å². The zero-order valence-corrected chi connectivity index (χ0v) is 11.3. The SMILES string of the molecule is CCCCOc1cc2c(nnn2C)c2ccccc12. The predicted octanol–water partition coefficient (Wildman–Crippen LogP) is 3.30. The fourth-order valence-electron chi connectivity index (χ4n) is 2.27. The van der Waals surface area contributed by atoms with E-state index in [9.17, 15) is 0 Å². The van der Waals surface area contributed by atoms with Crippen molar-refractivity contribution in [3.05, 3.63) is 30.3 Å². The van der Waals surface area contributed by atoms with Crippen molar-refractivity contribution in [3.8, 4) is 5.75 Å². The van der Waals surface area contributed by atoms with Crippen LogP contribution in [0.5, 0.6) is 5.75 Å². The Balaban J connectivity index is 2.19. The topological polar surface area (TPSA) is 39.9 Å². The third kappa shape index (κ3) is 2.03. The minimum Gasteiger partial charge on any atom is -0.493 e. The Morgan fingerprint density at radius 3 is 2.79 bits per heavy atom. The largest absolute Gasteiger partial charge is 0.493 e. The molecule has 3 rings (SSSR count). The van der Waals surface area contributed by atoms with Crippen LogP contribution in [-0.2, 0) is 7.05 Å². The van der Waals surface area contributed by atoms with Crippen LogP contribution in [0.25, 0.3) is 21.8 Å². The predicted molar refractivity (Wildman–Crippen MR) is 76.4 cm³/mol. The lowest BCUT2D eigenvalue weighted by Crippen LogP contribution is -1.98. The molecule has 2 aromatic carbocycles. The molecule has 1 heterocycles. The zero-order valence-electron chi connectivity index (χ0n) is 11.3. The summed E-state index contributed by atoms with van der Waals surface area (Å²) in [5, 5.41) is 10.5. The molecule has 98 valence electrons. The quantitative estimate of drug-likeness (QED) is 0.671. The van der Waals surface area contributed by atoms with E-state index in [1.165, 1.54) is 0 Å². The van der Waals surface area contributed by atoms with E-state index < -0.39 is 0 Å². The van der Waals surface area contributed by atoms with Crippen LogP contribution in [0.3, 0.4) is 0 Å². The highest BCUT2D eigenvalue weighted by Crippen LogP contribution is 2.32. The van der Waals surface area contributed by atoms with Gasteiger partial charge in [0.05, 0.1) is 12.1 Å². The Kier molecular flexibility index (Phi) is 3.07. The summed E-state index contributed by atoms with van der Waals surface area (Å²) >= 11 is 0. The molecule has 1 aromatic heterocycles. The van der Waals surface area contributed by atoms with Gasteiger partial charge in [-0.15, -0.1) is 5.10 Å². The summed E-state index contributed by atoms with van der Waals surface area (Å²) in [6.45, 7) is 2.91. The van der Waals surface area contributed by atoms with E-state index in [2.05, 4.69) is 29.4 Å². The Morgan fingerprint density at radius 2 is 2.00 bits per heavy atom. The summed E-state index contributed by atoms with van der Waals surface area (Å²) in [4.78, 5) is 0. The van der Waals surface area contributed by atoms with E-state index in [4.69, 9.17) is 4.74 Å². The molecule has 0 saturated heterocycles. The van der Waals surface area contributed by atoms with Gasteiger partial charge in [-0.1, -0.05) is 42.8 Å².